The molecule has 0 radical (unpaired) electrons. The summed E-state index contributed by atoms with van der Waals surface area (Å²) < 4.78 is 6.48. The molecule has 2 heterocycles. The Bertz CT molecular complexity index is 556. The number of nitrogens with zero attached hydrogens (tertiary/aromatic N) is 4. The van der Waals surface area contributed by atoms with Crippen LogP contribution in [0.2, 0.25) is 0 Å². The van der Waals surface area contributed by atoms with Crippen LogP contribution in [0.15, 0.2) is 18.9 Å². The molecule has 8 nitrogen and oxygen atoms in total. The number of carbonyl (C=O) groups is 2. The van der Waals surface area contributed by atoms with E-state index in [1.165, 1.54) is 23.4 Å². The van der Waals surface area contributed by atoms with E-state index in [1.54, 1.807) is 0 Å². The molecule has 0 amide bonds. The summed E-state index contributed by atoms with van der Waals surface area (Å²) in [5.74, 6) is 0. The first-order chi connectivity index (χ1) is 8.80. The van der Waals surface area contributed by atoms with Gasteiger partial charge in [0.15, 0.2) is 24.4 Å². The van der Waals surface area contributed by atoms with Crippen LogP contribution in [-0.4, -0.2) is 49.9 Å². The van der Waals surface area contributed by atoms with E-state index in [-0.39, 0.29) is 0 Å². The van der Waals surface area contributed by atoms with Crippen molar-refractivity contribution in [2.24, 2.45) is 0 Å². The Labute approximate surface area is 101 Å². The smallest absolute Gasteiger partial charge is 0.193 e. The van der Waals surface area contributed by atoms with Crippen LogP contribution in [0.5, 0.6) is 0 Å². The molecule has 0 aliphatic heterocycles. The summed E-state index contributed by atoms with van der Waals surface area (Å²) in [5, 5.41) is 8.86. The van der Waals surface area contributed by atoms with Gasteiger partial charge in [0.1, 0.15) is 17.9 Å². The number of rotatable bonds is 6. The molecule has 0 bridgehead atoms. The lowest BCUT2D eigenvalue weighted by Gasteiger charge is -2.16. The summed E-state index contributed by atoms with van der Waals surface area (Å²) in [6, 6.07) is 0. The van der Waals surface area contributed by atoms with Crippen LogP contribution in [0.1, 0.15) is 6.23 Å². The Kier molecular flexibility index (Phi) is 3.70. The van der Waals surface area contributed by atoms with Gasteiger partial charge in [-0.25, -0.2) is 15.0 Å². The maximum atomic E-state index is 11.0. The second kappa shape index (κ2) is 5.43. The van der Waals surface area contributed by atoms with Crippen LogP contribution >= 0.6 is 0 Å². The minimum atomic E-state index is -1.08. The number of aliphatic hydroxyl groups is 1. The van der Waals surface area contributed by atoms with E-state index in [0.29, 0.717) is 23.7 Å². The molecule has 1 N–H and O–H groups in total. The Morgan fingerprint density at radius 2 is 2.22 bits per heavy atom. The van der Waals surface area contributed by atoms with E-state index < -0.39 is 18.9 Å². The number of imidazole rings is 1. The van der Waals surface area contributed by atoms with Gasteiger partial charge >= 0.3 is 0 Å². The third kappa shape index (κ3) is 2.24. The zero-order chi connectivity index (χ0) is 13.0. The Hall–Kier alpha value is -2.19. The van der Waals surface area contributed by atoms with Crippen LogP contribution in [0.25, 0.3) is 11.2 Å². The second-order valence-corrected chi connectivity index (χ2v) is 3.40. The number of carbonyl (C=O) groups excluding carboxylic acids is 2. The highest BCUT2D eigenvalue weighted by Crippen LogP contribution is 2.15. The standard InChI is InChI=1S/C10H10N4O4/c15-2-7(3-16)18-9(4-17)14-6-13-8-1-11-5-12-10(8)14/h1-2,4-7,9,16H,3H2. The van der Waals surface area contributed by atoms with Gasteiger partial charge in [-0.1, -0.05) is 0 Å². The Balaban J connectivity index is 2.32. The number of ether oxygens (including phenoxy) is 1. The number of hydrogen-bond acceptors (Lipinski definition) is 7. The van der Waals surface area contributed by atoms with Crippen LogP contribution in [-0.2, 0) is 14.3 Å². The van der Waals surface area contributed by atoms with Crippen LogP contribution in [0.3, 0.4) is 0 Å². The molecule has 2 atom stereocenters. The van der Waals surface area contributed by atoms with Gasteiger partial charge in [0.05, 0.1) is 19.1 Å². The first-order valence-corrected chi connectivity index (χ1v) is 5.09. The molecule has 0 spiro atoms. The average molecular weight is 250 g/mol. The molecule has 2 rings (SSSR count). The Morgan fingerprint density at radius 3 is 2.89 bits per heavy atom. The molecule has 2 unspecified atom stereocenters. The molecule has 2 aromatic heterocycles. The minimum absolute atomic E-state index is 0.407. The SMILES string of the molecule is O=CC(CO)OC(C=O)n1cnc2cncnc21. The van der Waals surface area contributed by atoms with Crippen molar-refractivity contribution in [3.05, 3.63) is 18.9 Å². The maximum Gasteiger partial charge on any atom is 0.193 e. The van der Waals surface area contributed by atoms with E-state index in [9.17, 15) is 9.59 Å². The molecule has 0 saturated carbocycles. The van der Waals surface area contributed by atoms with Gasteiger partial charge in [0.2, 0.25) is 0 Å². The summed E-state index contributed by atoms with van der Waals surface area (Å²) in [6.07, 6.45) is 2.93. The van der Waals surface area contributed by atoms with Crippen molar-refractivity contribution < 1.29 is 19.4 Å². The van der Waals surface area contributed by atoms with E-state index in [1.807, 2.05) is 0 Å². The molecule has 0 saturated heterocycles. The summed E-state index contributed by atoms with van der Waals surface area (Å²) in [7, 11) is 0. The lowest BCUT2D eigenvalue weighted by atomic mass is 10.4. The number of fused-ring (bicyclic) bond motifs is 1. The normalized spacial score (nSPS) is 14.3. The quantitative estimate of drug-likeness (QED) is 0.662. The number of aldehydes is 2. The van der Waals surface area contributed by atoms with Gasteiger partial charge in [-0.3, -0.25) is 9.36 Å². The summed E-state index contributed by atoms with van der Waals surface area (Å²) in [4.78, 5) is 33.3. The first-order valence-electron chi connectivity index (χ1n) is 5.09. The second-order valence-electron chi connectivity index (χ2n) is 3.40. The highest BCUT2D eigenvalue weighted by atomic mass is 16.5. The fourth-order valence-corrected chi connectivity index (χ4v) is 1.43. The van der Waals surface area contributed by atoms with Crippen LogP contribution in [0.4, 0.5) is 0 Å². The molecule has 0 aliphatic rings. The molecule has 0 fully saturated rings. The molecule has 18 heavy (non-hydrogen) atoms. The molecule has 0 aliphatic carbocycles. The zero-order valence-electron chi connectivity index (χ0n) is 9.21. The van der Waals surface area contributed by atoms with Gasteiger partial charge in [-0.2, -0.15) is 0 Å². The van der Waals surface area contributed by atoms with E-state index >= 15 is 0 Å². The topological polar surface area (TPSA) is 107 Å². The predicted octanol–water partition coefficient (Wildman–Crippen LogP) is -0.900. The van der Waals surface area contributed by atoms with Crippen molar-refractivity contribution in [1.29, 1.82) is 0 Å². The summed E-state index contributed by atoms with van der Waals surface area (Å²) in [5.41, 5.74) is 0.907. The minimum Gasteiger partial charge on any atom is -0.393 e. The van der Waals surface area contributed by atoms with Gasteiger partial charge in [-0.15, -0.1) is 0 Å². The van der Waals surface area contributed by atoms with Crippen molar-refractivity contribution in [2.75, 3.05) is 6.61 Å². The fourth-order valence-electron chi connectivity index (χ4n) is 1.43. The highest BCUT2D eigenvalue weighted by Gasteiger charge is 2.19. The monoisotopic (exact) mass is 250 g/mol. The van der Waals surface area contributed by atoms with Crippen molar-refractivity contribution in [3.8, 4) is 0 Å². The Morgan fingerprint density at radius 1 is 1.39 bits per heavy atom. The van der Waals surface area contributed by atoms with Crippen LogP contribution < -0.4 is 0 Å². The lowest BCUT2D eigenvalue weighted by Crippen LogP contribution is -2.26. The van der Waals surface area contributed by atoms with E-state index in [2.05, 4.69) is 15.0 Å². The van der Waals surface area contributed by atoms with Crippen molar-refractivity contribution in [2.45, 2.75) is 12.3 Å². The molecular weight excluding hydrogens is 240 g/mol. The average Bonchev–Trinajstić information content (AvgIpc) is 2.84. The van der Waals surface area contributed by atoms with Gasteiger partial charge in [0.25, 0.3) is 0 Å². The number of aromatic nitrogens is 4. The van der Waals surface area contributed by atoms with Crippen molar-refractivity contribution in [1.82, 2.24) is 19.5 Å². The predicted molar refractivity (Wildman–Crippen MR) is 58.4 cm³/mol. The summed E-state index contributed by atoms with van der Waals surface area (Å²) in [6.45, 7) is -0.505. The van der Waals surface area contributed by atoms with E-state index in [4.69, 9.17) is 9.84 Å². The third-order valence-corrected chi connectivity index (χ3v) is 2.27. The van der Waals surface area contributed by atoms with Crippen molar-refractivity contribution >= 4 is 23.7 Å². The van der Waals surface area contributed by atoms with E-state index in [0.717, 1.165) is 0 Å². The van der Waals surface area contributed by atoms with Gasteiger partial charge < -0.3 is 14.6 Å². The fraction of sp³-hybridized carbons (Fsp3) is 0.300. The first kappa shape index (κ1) is 12.3. The van der Waals surface area contributed by atoms with Gasteiger partial charge in [-0.05, 0) is 0 Å². The highest BCUT2D eigenvalue weighted by molar-refractivity contribution is 5.71. The molecule has 2 aromatic rings. The maximum absolute atomic E-state index is 11.0. The van der Waals surface area contributed by atoms with Crippen molar-refractivity contribution in [3.63, 3.8) is 0 Å². The molecule has 94 valence electrons. The number of aliphatic hydroxyl groups excluding tert-OH is 1. The van der Waals surface area contributed by atoms with Crippen LogP contribution in [0, 0.1) is 0 Å². The third-order valence-electron chi connectivity index (χ3n) is 2.27. The molecule has 8 heteroatoms. The molecular formula is C10H10N4O4. The molecule has 0 aromatic carbocycles. The summed E-state index contributed by atoms with van der Waals surface area (Å²) >= 11 is 0. The zero-order valence-corrected chi connectivity index (χ0v) is 9.21. The number of hydrogen-bond donors (Lipinski definition) is 1. The largest absolute Gasteiger partial charge is 0.393 e. The lowest BCUT2D eigenvalue weighted by molar-refractivity contribution is -0.139. The van der Waals surface area contributed by atoms with Gasteiger partial charge in [0, 0.05) is 0 Å².